The predicted octanol–water partition coefficient (Wildman–Crippen LogP) is 1.39. The highest BCUT2D eigenvalue weighted by Gasteiger charge is 2.12. The summed E-state index contributed by atoms with van der Waals surface area (Å²) in [5.74, 6) is -1.12. The van der Waals surface area contributed by atoms with E-state index in [1.807, 2.05) is 0 Å². The Labute approximate surface area is 77.3 Å². The minimum absolute atomic E-state index is 0.0513. The lowest BCUT2D eigenvalue weighted by Gasteiger charge is -1.92. The number of halogens is 1. The van der Waals surface area contributed by atoms with Gasteiger partial charge in [-0.3, -0.25) is 0 Å². The topological polar surface area (TPSA) is 76.2 Å². The van der Waals surface area contributed by atoms with E-state index in [0.717, 1.165) is 5.54 Å². The fourth-order valence-corrected chi connectivity index (χ4v) is 1.39. The van der Waals surface area contributed by atoms with Crippen LogP contribution in [0.1, 0.15) is 5.69 Å². The number of thiazole rings is 1. The van der Waals surface area contributed by atoms with Gasteiger partial charge in [-0.05, 0) is 0 Å². The van der Waals surface area contributed by atoms with Crippen molar-refractivity contribution in [3.8, 4) is 0 Å². The molecule has 64 valence electrons. The van der Waals surface area contributed by atoms with Crippen molar-refractivity contribution in [3.05, 3.63) is 16.6 Å². The molecule has 4 nitrogen and oxygen atoms in total. The van der Waals surface area contributed by atoms with Crippen LogP contribution in [0.2, 0.25) is 0 Å². The van der Waals surface area contributed by atoms with Gasteiger partial charge in [0.15, 0.2) is 5.13 Å². The first-order chi connectivity index (χ1) is 5.65. The third-order valence-corrected chi connectivity index (χ3v) is 2.03. The van der Waals surface area contributed by atoms with Gasteiger partial charge >= 0.3 is 5.97 Å². The Kier molecular flexibility index (Phi) is 2.67. The number of hydrogen-bond acceptors (Lipinski definition) is 4. The summed E-state index contributed by atoms with van der Waals surface area (Å²) in [6.45, 7) is 0. The van der Waals surface area contributed by atoms with Crippen LogP contribution in [-0.2, 0) is 4.79 Å². The maximum absolute atomic E-state index is 10.5. The van der Waals surface area contributed by atoms with Gasteiger partial charge in [0, 0.05) is 10.9 Å². The number of anilines is 1. The molecule has 0 bridgehead atoms. The molecule has 0 radical (unpaired) electrons. The van der Waals surface area contributed by atoms with Crippen LogP contribution in [0, 0.1) is 0 Å². The molecule has 0 aliphatic heterocycles. The fraction of sp³-hybridized carbons (Fsp3) is 0. The summed E-state index contributed by atoms with van der Waals surface area (Å²) >= 11 is 6.46. The van der Waals surface area contributed by atoms with Crippen LogP contribution in [0.15, 0.2) is 10.9 Å². The van der Waals surface area contributed by atoms with Gasteiger partial charge in [-0.2, -0.15) is 0 Å². The van der Waals surface area contributed by atoms with Crippen molar-refractivity contribution in [2.45, 2.75) is 0 Å². The van der Waals surface area contributed by atoms with Gasteiger partial charge in [-0.1, -0.05) is 11.6 Å². The number of carboxylic acids is 1. The number of hydrogen-bond donors (Lipinski definition) is 2. The number of rotatable bonds is 2. The first kappa shape index (κ1) is 9.02. The molecule has 1 rings (SSSR count). The first-order valence-corrected chi connectivity index (χ1v) is 4.22. The summed E-state index contributed by atoms with van der Waals surface area (Å²) in [4.78, 5) is 14.3. The molecule has 0 spiro atoms. The molecule has 0 fully saturated rings. The second-order valence-electron chi connectivity index (χ2n) is 1.90. The summed E-state index contributed by atoms with van der Waals surface area (Å²) in [5.41, 5.74) is 6.52. The average Bonchev–Trinajstić information content (AvgIpc) is 2.37. The SMILES string of the molecule is Nc1nc(/C(=C/Cl)C(=O)O)cs1. The van der Waals surface area contributed by atoms with E-state index in [-0.39, 0.29) is 5.57 Å². The zero-order chi connectivity index (χ0) is 9.14. The second kappa shape index (κ2) is 3.55. The van der Waals surface area contributed by atoms with Crippen LogP contribution in [0.5, 0.6) is 0 Å². The first-order valence-electron chi connectivity index (χ1n) is 2.90. The Morgan fingerprint density at radius 1 is 1.83 bits per heavy atom. The Morgan fingerprint density at radius 3 is 2.83 bits per heavy atom. The summed E-state index contributed by atoms with van der Waals surface area (Å²) in [6.07, 6.45) is 0. The number of nitrogens with two attached hydrogens (primary N) is 1. The minimum Gasteiger partial charge on any atom is -0.478 e. The van der Waals surface area contributed by atoms with Crippen molar-refractivity contribution in [3.63, 3.8) is 0 Å². The average molecular weight is 205 g/mol. The van der Waals surface area contributed by atoms with Crippen molar-refractivity contribution in [1.29, 1.82) is 0 Å². The lowest BCUT2D eigenvalue weighted by Crippen LogP contribution is -1.99. The predicted molar refractivity (Wildman–Crippen MR) is 48.0 cm³/mol. The fourth-order valence-electron chi connectivity index (χ4n) is 0.623. The monoisotopic (exact) mass is 204 g/mol. The molecule has 0 aromatic carbocycles. The highest BCUT2D eigenvalue weighted by molar-refractivity contribution is 7.13. The third kappa shape index (κ3) is 1.75. The van der Waals surface area contributed by atoms with Gasteiger partial charge in [0.2, 0.25) is 0 Å². The molecule has 1 aromatic rings. The van der Waals surface area contributed by atoms with Crippen LogP contribution in [0.4, 0.5) is 5.13 Å². The molecule has 12 heavy (non-hydrogen) atoms. The van der Waals surface area contributed by atoms with E-state index < -0.39 is 5.97 Å². The van der Waals surface area contributed by atoms with Crippen molar-refractivity contribution in [1.82, 2.24) is 4.98 Å². The number of nitrogens with zero attached hydrogens (tertiary/aromatic N) is 1. The molecule has 0 unspecified atom stereocenters. The normalized spacial score (nSPS) is 11.6. The lowest BCUT2D eigenvalue weighted by atomic mass is 10.2. The van der Waals surface area contributed by atoms with Gasteiger partial charge in [-0.15, -0.1) is 11.3 Å². The second-order valence-corrected chi connectivity index (χ2v) is 3.01. The number of aliphatic carboxylic acids is 1. The van der Waals surface area contributed by atoms with Crippen LogP contribution >= 0.6 is 22.9 Å². The number of carbonyl (C=O) groups is 1. The summed E-state index contributed by atoms with van der Waals surface area (Å²) in [6, 6.07) is 0. The van der Waals surface area contributed by atoms with E-state index in [1.54, 1.807) is 0 Å². The molecule has 1 aromatic heterocycles. The highest BCUT2D eigenvalue weighted by atomic mass is 35.5. The van der Waals surface area contributed by atoms with Crippen molar-refractivity contribution in [2.24, 2.45) is 0 Å². The smallest absolute Gasteiger partial charge is 0.338 e. The third-order valence-electron chi connectivity index (χ3n) is 1.14. The molecular formula is C6H5ClN2O2S. The Bertz CT molecular complexity index is 334. The number of aromatic nitrogens is 1. The van der Waals surface area contributed by atoms with Gasteiger partial charge in [0.25, 0.3) is 0 Å². The summed E-state index contributed by atoms with van der Waals surface area (Å²) < 4.78 is 0. The van der Waals surface area contributed by atoms with E-state index in [1.165, 1.54) is 16.7 Å². The summed E-state index contributed by atoms with van der Waals surface area (Å²) in [5, 5.41) is 10.5. The summed E-state index contributed by atoms with van der Waals surface area (Å²) in [7, 11) is 0. The molecule has 0 amide bonds. The van der Waals surface area contributed by atoms with Crippen molar-refractivity contribution in [2.75, 3.05) is 5.73 Å². The Hall–Kier alpha value is -1.07. The lowest BCUT2D eigenvalue weighted by molar-refractivity contribution is -0.130. The highest BCUT2D eigenvalue weighted by Crippen LogP contribution is 2.19. The zero-order valence-electron chi connectivity index (χ0n) is 5.82. The van der Waals surface area contributed by atoms with Crippen LogP contribution in [0.3, 0.4) is 0 Å². The standard InChI is InChI=1S/C6H5ClN2O2S/c7-1-3(5(10)11)4-2-12-6(8)9-4/h1-2H,(H2,8,9)(H,10,11)/b3-1-. The van der Waals surface area contributed by atoms with Gasteiger partial charge < -0.3 is 10.8 Å². The molecule has 3 N–H and O–H groups in total. The number of carboxylic acid groups (broad SMARTS) is 1. The maximum Gasteiger partial charge on any atom is 0.338 e. The van der Waals surface area contributed by atoms with Crippen LogP contribution < -0.4 is 5.73 Å². The molecule has 1 heterocycles. The molecule has 6 heteroatoms. The zero-order valence-corrected chi connectivity index (χ0v) is 7.39. The van der Waals surface area contributed by atoms with Crippen LogP contribution in [0.25, 0.3) is 5.57 Å². The maximum atomic E-state index is 10.5. The van der Waals surface area contributed by atoms with Gasteiger partial charge in [0.1, 0.15) is 0 Å². The molecule has 0 aliphatic rings. The van der Waals surface area contributed by atoms with E-state index in [4.69, 9.17) is 22.4 Å². The number of nitrogen functional groups attached to an aromatic ring is 1. The van der Waals surface area contributed by atoms with Crippen LogP contribution in [-0.4, -0.2) is 16.1 Å². The van der Waals surface area contributed by atoms with Crippen molar-refractivity contribution >= 4 is 39.6 Å². The van der Waals surface area contributed by atoms with E-state index in [2.05, 4.69) is 4.98 Å². The van der Waals surface area contributed by atoms with Gasteiger partial charge in [0.05, 0.1) is 11.3 Å². The Balaban J connectivity index is 3.04. The molecule has 0 atom stereocenters. The minimum atomic E-state index is -1.12. The van der Waals surface area contributed by atoms with Gasteiger partial charge in [-0.25, -0.2) is 9.78 Å². The molecular weight excluding hydrogens is 200 g/mol. The quantitative estimate of drug-likeness (QED) is 0.714. The largest absolute Gasteiger partial charge is 0.478 e. The molecule has 0 saturated carbocycles. The van der Waals surface area contributed by atoms with E-state index in [0.29, 0.717) is 10.8 Å². The molecule has 0 aliphatic carbocycles. The van der Waals surface area contributed by atoms with E-state index >= 15 is 0 Å². The van der Waals surface area contributed by atoms with E-state index in [9.17, 15) is 4.79 Å². The molecule has 0 saturated heterocycles. The van der Waals surface area contributed by atoms with Crippen molar-refractivity contribution < 1.29 is 9.90 Å². The Morgan fingerprint density at radius 2 is 2.50 bits per heavy atom.